The number of likely N-dealkylation sites (tertiary alicyclic amines) is 1. The molecule has 6 nitrogen and oxygen atoms in total. The fraction of sp³-hybridized carbons (Fsp3) is 0.667. The lowest BCUT2D eigenvalue weighted by atomic mass is 9.97. The van der Waals surface area contributed by atoms with E-state index in [4.69, 9.17) is 0 Å². The maximum Gasteiger partial charge on any atom is 0.272 e. The Balaban J connectivity index is 2.07. The highest BCUT2D eigenvalue weighted by molar-refractivity contribution is 6.04. The van der Waals surface area contributed by atoms with Crippen LogP contribution in [-0.2, 0) is 0 Å². The van der Waals surface area contributed by atoms with E-state index >= 15 is 0 Å². The molecule has 2 amide bonds. The van der Waals surface area contributed by atoms with E-state index in [2.05, 4.69) is 15.3 Å². The van der Waals surface area contributed by atoms with Gasteiger partial charge in [-0.1, -0.05) is 20.8 Å². The molecular formula is C15H24N4O2. The van der Waals surface area contributed by atoms with Crippen LogP contribution in [0.1, 0.15) is 61.0 Å². The van der Waals surface area contributed by atoms with Crippen LogP contribution in [0.2, 0.25) is 0 Å². The van der Waals surface area contributed by atoms with Crippen LogP contribution in [0.4, 0.5) is 0 Å². The highest BCUT2D eigenvalue weighted by Crippen LogP contribution is 2.15. The van der Waals surface area contributed by atoms with Gasteiger partial charge in [-0.25, -0.2) is 4.98 Å². The van der Waals surface area contributed by atoms with Crippen LogP contribution in [0.3, 0.4) is 0 Å². The number of aromatic nitrogens is 2. The van der Waals surface area contributed by atoms with Crippen molar-refractivity contribution in [3.05, 3.63) is 17.7 Å². The number of aromatic amines is 1. The number of piperidine rings is 1. The predicted molar refractivity (Wildman–Crippen MR) is 80.1 cm³/mol. The van der Waals surface area contributed by atoms with Crippen molar-refractivity contribution >= 4 is 11.8 Å². The molecule has 2 heterocycles. The van der Waals surface area contributed by atoms with Crippen molar-refractivity contribution in [1.82, 2.24) is 20.2 Å². The molecule has 0 aliphatic carbocycles. The molecule has 1 fully saturated rings. The molecule has 1 aliphatic heterocycles. The van der Waals surface area contributed by atoms with Crippen LogP contribution in [0.25, 0.3) is 0 Å². The first-order valence-corrected chi connectivity index (χ1v) is 7.49. The van der Waals surface area contributed by atoms with E-state index in [-0.39, 0.29) is 22.9 Å². The van der Waals surface area contributed by atoms with Crippen LogP contribution in [0, 0.1) is 5.41 Å². The average Bonchev–Trinajstić information content (AvgIpc) is 2.93. The molecule has 0 unspecified atom stereocenters. The third-order valence-electron chi connectivity index (χ3n) is 3.49. The van der Waals surface area contributed by atoms with Crippen LogP contribution < -0.4 is 5.32 Å². The van der Waals surface area contributed by atoms with Gasteiger partial charge in [0.1, 0.15) is 5.69 Å². The van der Waals surface area contributed by atoms with Crippen molar-refractivity contribution in [3.8, 4) is 0 Å². The molecule has 0 saturated carbocycles. The van der Waals surface area contributed by atoms with Gasteiger partial charge in [0, 0.05) is 19.6 Å². The molecule has 2 rings (SSSR count). The molecule has 0 bridgehead atoms. The molecule has 1 aliphatic rings. The van der Waals surface area contributed by atoms with Crippen LogP contribution in [0.15, 0.2) is 6.33 Å². The van der Waals surface area contributed by atoms with Crippen molar-refractivity contribution in [2.75, 3.05) is 19.6 Å². The number of imidazole rings is 1. The lowest BCUT2D eigenvalue weighted by Crippen LogP contribution is -2.38. The monoisotopic (exact) mass is 292 g/mol. The van der Waals surface area contributed by atoms with E-state index in [1.54, 1.807) is 4.90 Å². The minimum Gasteiger partial charge on any atom is -0.350 e. The number of amides is 2. The minimum atomic E-state index is -0.300. The number of hydrogen-bond acceptors (Lipinski definition) is 3. The van der Waals surface area contributed by atoms with Gasteiger partial charge in [-0.15, -0.1) is 0 Å². The van der Waals surface area contributed by atoms with Gasteiger partial charge in [0.05, 0.1) is 6.33 Å². The fourth-order valence-electron chi connectivity index (χ4n) is 2.31. The Kier molecular flexibility index (Phi) is 4.65. The zero-order chi connectivity index (χ0) is 15.5. The van der Waals surface area contributed by atoms with Crippen molar-refractivity contribution in [2.24, 2.45) is 5.41 Å². The lowest BCUT2D eigenvalue weighted by Gasteiger charge is -2.26. The summed E-state index contributed by atoms with van der Waals surface area (Å²) in [5.74, 6) is -0.431. The van der Waals surface area contributed by atoms with Gasteiger partial charge >= 0.3 is 0 Å². The van der Waals surface area contributed by atoms with Crippen LogP contribution in [0.5, 0.6) is 0 Å². The normalized spacial score (nSPS) is 15.9. The molecule has 6 heteroatoms. The maximum absolute atomic E-state index is 12.5. The summed E-state index contributed by atoms with van der Waals surface area (Å²) in [6.45, 7) is 8.16. The smallest absolute Gasteiger partial charge is 0.272 e. The first kappa shape index (κ1) is 15.5. The molecule has 1 saturated heterocycles. The zero-order valence-corrected chi connectivity index (χ0v) is 13.0. The molecule has 21 heavy (non-hydrogen) atoms. The number of rotatable bonds is 3. The Morgan fingerprint density at radius 1 is 1.29 bits per heavy atom. The van der Waals surface area contributed by atoms with Crippen molar-refractivity contribution in [1.29, 1.82) is 0 Å². The third-order valence-corrected chi connectivity index (χ3v) is 3.49. The molecule has 1 aromatic heterocycles. The van der Waals surface area contributed by atoms with E-state index in [0.717, 1.165) is 32.4 Å². The summed E-state index contributed by atoms with van der Waals surface area (Å²) >= 11 is 0. The van der Waals surface area contributed by atoms with E-state index in [9.17, 15) is 9.59 Å². The Morgan fingerprint density at radius 2 is 1.95 bits per heavy atom. The molecule has 0 spiro atoms. The van der Waals surface area contributed by atoms with Gasteiger partial charge in [-0.3, -0.25) is 9.59 Å². The second-order valence-electron chi connectivity index (χ2n) is 6.72. The van der Waals surface area contributed by atoms with Gasteiger partial charge in [-0.05, 0) is 24.7 Å². The summed E-state index contributed by atoms with van der Waals surface area (Å²) in [6, 6.07) is 0. The second-order valence-corrected chi connectivity index (χ2v) is 6.72. The highest BCUT2D eigenvalue weighted by Gasteiger charge is 2.26. The summed E-state index contributed by atoms with van der Waals surface area (Å²) in [5, 5.41) is 2.83. The topological polar surface area (TPSA) is 78.1 Å². The Labute approximate surface area is 125 Å². The van der Waals surface area contributed by atoms with Gasteiger partial charge < -0.3 is 15.2 Å². The molecular weight excluding hydrogens is 268 g/mol. The first-order valence-electron chi connectivity index (χ1n) is 7.49. The predicted octanol–water partition coefficient (Wildman–Crippen LogP) is 1.81. The number of carbonyl (C=O) groups excluding carboxylic acids is 2. The van der Waals surface area contributed by atoms with Gasteiger partial charge in [0.15, 0.2) is 5.69 Å². The number of nitrogens with one attached hydrogen (secondary N) is 2. The van der Waals surface area contributed by atoms with Crippen molar-refractivity contribution in [2.45, 2.75) is 40.0 Å². The summed E-state index contributed by atoms with van der Waals surface area (Å²) in [4.78, 5) is 33.3. The van der Waals surface area contributed by atoms with E-state index in [1.807, 2.05) is 20.8 Å². The Morgan fingerprint density at radius 3 is 2.57 bits per heavy atom. The number of hydrogen-bond donors (Lipinski definition) is 2. The van der Waals surface area contributed by atoms with Gasteiger partial charge in [-0.2, -0.15) is 0 Å². The zero-order valence-electron chi connectivity index (χ0n) is 13.0. The summed E-state index contributed by atoms with van der Waals surface area (Å²) in [6.07, 6.45) is 4.60. The van der Waals surface area contributed by atoms with Gasteiger partial charge in [0.2, 0.25) is 0 Å². The molecule has 116 valence electrons. The van der Waals surface area contributed by atoms with Crippen LogP contribution in [-0.4, -0.2) is 46.3 Å². The molecule has 2 N–H and O–H groups in total. The number of carbonyl (C=O) groups is 2. The third kappa shape index (κ3) is 4.06. The maximum atomic E-state index is 12.5. The van der Waals surface area contributed by atoms with E-state index in [0.29, 0.717) is 12.2 Å². The second kappa shape index (κ2) is 6.28. The Hall–Kier alpha value is -1.85. The van der Waals surface area contributed by atoms with Crippen LogP contribution >= 0.6 is 0 Å². The summed E-state index contributed by atoms with van der Waals surface area (Å²) in [5.41, 5.74) is 0.473. The quantitative estimate of drug-likeness (QED) is 0.892. The molecule has 0 aromatic carbocycles. The number of nitrogens with zero attached hydrogens (tertiary/aromatic N) is 2. The van der Waals surface area contributed by atoms with E-state index in [1.165, 1.54) is 6.33 Å². The largest absolute Gasteiger partial charge is 0.350 e. The molecule has 1 aromatic rings. The van der Waals surface area contributed by atoms with Gasteiger partial charge in [0.25, 0.3) is 11.8 Å². The van der Waals surface area contributed by atoms with Crippen molar-refractivity contribution in [3.63, 3.8) is 0 Å². The first-order chi connectivity index (χ1) is 9.88. The molecule has 0 radical (unpaired) electrons. The van der Waals surface area contributed by atoms with E-state index < -0.39 is 0 Å². The standard InChI is InChI=1S/C15H24N4O2/c1-15(2,3)9-16-13(20)11-12(18-10-17-11)14(21)19-7-5-4-6-8-19/h10H,4-9H2,1-3H3,(H,16,20)(H,17,18). The molecule has 0 atom stereocenters. The Bertz CT molecular complexity index is 510. The lowest BCUT2D eigenvalue weighted by molar-refractivity contribution is 0.0712. The minimum absolute atomic E-state index is 0.0109. The summed E-state index contributed by atoms with van der Waals surface area (Å²) in [7, 11) is 0. The SMILES string of the molecule is CC(C)(C)CNC(=O)c1nc[nH]c1C(=O)N1CCCCC1. The summed E-state index contributed by atoms with van der Waals surface area (Å²) < 4.78 is 0. The van der Waals surface area contributed by atoms with Crippen molar-refractivity contribution < 1.29 is 9.59 Å². The fourth-order valence-corrected chi connectivity index (χ4v) is 2.31. The highest BCUT2D eigenvalue weighted by atomic mass is 16.2. The number of H-pyrrole nitrogens is 1. The average molecular weight is 292 g/mol.